The molecule has 0 N–H and O–H groups in total. The number of hydrogen-bond donors (Lipinski definition) is 0. The lowest BCUT2D eigenvalue weighted by atomic mass is 10.0. The van der Waals surface area contributed by atoms with E-state index in [2.05, 4.69) is 6.58 Å². The highest BCUT2D eigenvalue weighted by atomic mass is 127. The summed E-state index contributed by atoms with van der Waals surface area (Å²) in [6.07, 6.45) is -9.02. The van der Waals surface area contributed by atoms with Gasteiger partial charge in [0, 0.05) is 6.42 Å². The van der Waals surface area contributed by atoms with E-state index in [4.69, 9.17) is 0 Å². The fourth-order valence-corrected chi connectivity index (χ4v) is 1.78. The third-order valence-electron chi connectivity index (χ3n) is 1.94. The zero-order valence-electron chi connectivity index (χ0n) is 8.35. The molecule has 0 fully saturated rings. The molecule has 0 spiro atoms. The fraction of sp³-hybridized carbons (Fsp3) is 0.750. The van der Waals surface area contributed by atoms with Crippen molar-refractivity contribution in [1.82, 2.24) is 0 Å². The molecule has 0 aromatic rings. The number of hydrogen-bond acceptors (Lipinski definition) is 0. The third kappa shape index (κ3) is 3.44. The lowest BCUT2D eigenvalue weighted by Crippen LogP contribution is -2.50. The average molecular weight is 400 g/mol. The maximum absolute atomic E-state index is 13.0. The number of allylic oxidation sites excluding steroid dienone is 1. The van der Waals surface area contributed by atoms with E-state index >= 15 is 0 Å². The van der Waals surface area contributed by atoms with Gasteiger partial charge in [-0.2, -0.15) is 39.5 Å². The van der Waals surface area contributed by atoms with Gasteiger partial charge in [-0.05, 0) is 6.08 Å². The monoisotopic (exact) mass is 400 g/mol. The van der Waals surface area contributed by atoms with E-state index in [9.17, 15) is 39.5 Å². The molecule has 0 aliphatic carbocycles. The van der Waals surface area contributed by atoms with Gasteiger partial charge in [-0.3, -0.25) is 0 Å². The Morgan fingerprint density at radius 2 is 1.33 bits per heavy atom. The van der Waals surface area contributed by atoms with Gasteiger partial charge in [-0.25, -0.2) is 0 Å². The molecule has 108 valence electrons. The van der Waals surface area contributed by atoms with Crippen molar-refractivity contribution in [3.8, 4) is 0 Å². The normalized spacial score (nSPS) is 16.6. The lowest BCUT2D eigenvalue weighted by Gasteiger charge is -2.30. The number of rotatable bonds is 5. The summed E-state index contributed by atoms with van der Waals surface area (Å²) in [6, 6.07) is 0. The molecule has 0 amide bonds. The van der Waals surface area contributed by atoms with E-state index in [1.807, 2.05) is 0 Å². The minimum absolute atomic E-state index is 0.440. The number of halogens is 10. The van der Waals surface area contributed by atoms with E-state index in [0.29, 0.717) is 22.6 Å². The summed E-state index contributed by atoms with van der Waals surface area (Å²) in [7, 11) is 0. The van der Waals surface area contributed by atoms with Gasteiger partial charge in [0.05, 0.1) is 3.92 Å². The summed E-state index contributed by atoms with van der Waals surface area (Å²) in [4.78, 5) is 0. The van der Waals surface area contributed by atoms with Crippen molar-refractivity contribution < 1.29 is 39.5 Å². The van der Waals surface area contributed by atoms with Gasteiger partial charge in [0.1, 0.15) is 0 Å². The first kappa shape index (κ1) is 17.8. The molecular weight excluding hydrogens is 394 g/mol. The van der Waals surface area contributed by atoms with Gasteiger partial charge >= 0.3 is 23.9 Å². The molecule has 1 unspecified atom stereocenters. The van der Waals surface area contributed by atoms with Crippen LogP contribution in [-0.4, -0.2) is 27.9 Å². The fourth-order valence-electron chi connectivity index (χ4n) is 0.814. The third-order valence-corrected chi connectivity index (χ3v) is 3.17. The lowest BCUT2D eigenvalue weighted by molar-refractivity contribution is -0.289. The van der Waals surface area contributed by atoms with E-state index in [1.165, 1.54) is 0 Å². The summed E-state index contributed by atoms with van der Waals surface area (Å²) in [5.41, 5.74) is 0. The molecule has 0 saturated heterocycles. The zero-order valence-corrected chi connectivity index (χ0v) is 10.5. The van der Waals surface area contributed by atoms with Crippen LogP contribution in [0.5, 0.6) is 0 Å². The Kier molecular flexibility index (Phi) is 5.03. The molecular formula is C8H6F9I. The summed E-state index contributed by atoms with van der Waals surface area (Å²) < 4.78 is 109. The van der Waals surface area contributed by atoms with Crippen molar-refractivity contribution in [3.63, 3.8) is 0 Å². The van der Waals surface area contributed by atoms with Crippen molar-refractivity contribution in [2.45, 2.75) is 34.3 Å². The standard InChI is InChI=1S/C8H6F9I/c1-2-5(9,10)7(13,14)4(18)3-6(11,12)8(15,16)17/h2,4H,1,3H2. The second-order valence-electron chi connectivity index (χ2n) is 3.32. The quantitative estimate of drug-likeness (QED) is 0.269. The summed E-state index contributed by atoms with van der Waals surface area (Å²) >= 11 is 0.440. The molecule has 18 heavy (non-hydrogen) atoms. The Labute approximate surface area is 109 Å². The van der Waals surface area contributed by atoms with Crippen molar-refractivity contribution in [2.24, 2.45) is 0 Å². The van der Waals surface area contributed by atoms with Crippen molar-refractivity contribution in [1.29, 1.82) is 0 Å². The second kappa shape index (κ2) is 5.08. The molecule has 1 atom stereocenters. The van der Waals surface area contributed by atoms with E-state index in [-0.39, 0.29) is 0 Å². The molecule has 0 heterocycles. The molecule has 0 radical (unpaired) electrons. The Hall–Kier alpha value is -0.160. The summed E-state index contributed by atoms with van der Waals surface area (Å²) in [5, 5.41) is 0. The predicted molar refractivity (Wildman–Crippen MR) is 53.5 cm³/mol. The Bertz CT molecular complexity index is 306. The highest BCUT2D eigenvalue weighted by Gasteiger charge is 2.65. The molecule has 0 saturated carbocycles. The van der Waals surface area contributed by atoms with Gasteiger partial charge in [-0.15, -0.1) is 0 Å². The van der Waals surface area contributed by atoms with Crippen molar-refractivity contribution >= 4 is 22.6 Å². The molecule has 0 bridgehead atoms. The highest BCUT2D eigenvalue weighted by molar-refractivity contribution is 14.1. The van der Waals surface area contributed by atoms with Crippen LogP contribution in [0.25, 0.3) is 0 Å². The summed E-state index contributed by atoms with van der Waals surface area (Å²) in [5.74, 6) is -15.4. The SMILES string of the molecule is C=CC(F)(F)C(F)(F)C(I)CC(F)(F)C(F)(F)F. The molecule has 10 heteroatoms. The average Bonchev–Trinajstić information content (AvgIpc) is 2.14. The zero-order chi connectivity index (χ0) is 15.0. The van der Waals surface area contributed by atoms with Crippen molar-refractivity contribution in [3.05, 3.63) is 12.7 Å². The topological polar surface area (TPSA) is 0 Å². The van der Waals surface area contributed by atoms with Gasteiger partial charge < -0.3 is 0 Å². The van der Waals surface area contributed by atoms with Crippen LogP contribution < -0.4 is 0 Å². The van der Waals surface area contributed by atoms with Crippen LogP contribution >= 0.6 is 22.6 Å². The smallest absolute Gasteiger partial charge is 0.198 e. The van der Waals surface area contributed by atoms with Crippen LogP contribution in [0, 0.1) is 0 Å². The van der Waals surface area contributed by atoms with Crippen molar-refractivity contribution in [2.75, 3.05) is 0 Å². The largest absolute Gasteiger partial charge is 0.453 e. The molecule has 0 rings (SSSR count). The maximum Gasteiger partial charge on any atom is 0.453 e. The molecule has 0 aromatic heterocycles. The minimum Gasteiger partial charge on any atom is -0.198 e. The van der Waals surface area contributed by atoms with E-state index in [0.717, 1.165) is 0 Å². The first-order valence-electron chi connectivity index (χ1n) is 4.17. The van der Waals surface area contributed by atoms with E-state index < -0.39 is 40.4 Å². The first-order chi connectivity index (χ1) is 7.69. The molecule has 0 aliphatic rings. The van der Waals surface area contributed by atoms with Crippen LogP contribution in [0.4, 0.5) is 39.5 Å². The summed E-state index contributed by atoms with van der Waals surface area (Å²) in [6.45, 7) is 2.38. The highest BCUT2D eigenvalue weighted by Crippen LogP contribution is 2.47. The number of alkyl halides is 10. The van der Waals surface area contributed by atoms with E-state index in [1.54, 1.807) is 0 Å². The Balaban J connectivity index is 5.10. The van der Waals surface area contributed by atoms with Gasteiger partial charge in [0.2, 0.25) is 0 Å². The second-order valence-corrected chi connectivity index (χ2v) is 4.83. The van der Waals surface area contributed by atoms with Crippen LogP contribution in [0.15, 0.2) is 12.7 Å². The Morgan fingerprint density at radius 3 is 1.61 bits per heavy atom. The van der Waals surface area contributed by atoms with Crippen LogP contribution in [-0.2, 0) is 0 Å². The Morgan fingerprint density at radius 1 is 0.944 bits per heavy atom. The predicted octanol–water partition coefficient (Wildman–Crippen LogP) is 4.83. The van der Waals surface area contributed by atoms with Crippen LogP contribution in [0.3, 0.4) is 0 Å². The van der Waals surface area contributed by atoms with Gasteiger partial charge in [0.15, 0.2) is 0 Å². The molecule has 0 aliphatic heterocycles. The molecule has 0 aromatic carbocycles. The van der Waals surface area contributed by atoms with Crippen LogP contribution in [0.1, 0.15) is 6.42 Å². The van der Waals surface area contributed by atoms with Crippen LogP contribution in [0.2, 0.25) is 0 Å². The van der Waals surface area contributed by atoms with Gasteiger partial charge in [-0.1, -0.05) is 29.2 Å². The molecule has 0 nitrogen and oxygen atoms in total. The van der Waals surface area contributed by atoms with Gasteiger partial charge in [0.25, 0.3) is 0 Å². The first-order valence-corrected chi connectivity index (χ1v) is 5.41. The maximum atomic E-state index is 13.0. The minimum atomic E-state index is -6.07.